The van der Waals surface area contributed by atoms with Crippen molar-refractivity contribution in [2.45, 2.75) is 38.6 Å². The summed E-state index contributed by atoms with van der Waals surface area (Å²) in [6.07, 6.45) is 7.09. The van der Waals surface area contributed by atoms with Gasteiger partial charge in [0.2, 0.25) is 0 Å². The average molecular weight is 325 g/mol. The van der Waals surface area contributed by atoms with Gasteiger partial charge in [-0.1, -0.05) is 41.3 Å². The van der Waals surface area contributed by atoms with E-state index in [4.69, 9.17) is 0 Å². The molecule has 0 atom stereocenters. The van der Waals surface area contributed by atoms with Crippen LogP contribution in [0.4, 0.5) is 5.69 Å². The number of nitrogens with zero attached hydrogens (tertiary/aromatic N) is 1. The molecule has 106 valence electrons. The largest absolute Gasteiger partial charge is 0.374 e. The Hall–Kier alpha value is -0.540. The Morgan fingerprint density at radius 1 is 1.26 bits per heavy atom. The Morgan fingerprint density at radius 3 is 2.63 bits per heavy atom. The highest BCUT2D eigenvalue weighted by atomic mass is 79.9. The zero-order valence-corrected chi connectivity index (χ0v) is 13.7. The molecule has 1 saturated carbocycles. The summed E-state index contributed by atoms with van der Waals surface area (Å²) >= 11 is 3.67. The molecule has 2 rings (SSSR count). The lowest BCUT2D eigenvalue weighted by atomic mass is 9.89. The quantitative estimate of drug-likeness (QED) is 0.873. The lowest BCUT2D eigenvalue weighted by molar-refractivity contribution is 0.362. The van der Waals surface area contributed by atoms with Crippen LogP contribution in [0.2, 0.25) is 0 Å². The van der Waals surface area contributed by atoms with Crippen molar-refractivity contribution in [3.63, 3.8) is 0 Å². The van der Waals surface area contributed by atoms with Crippen LogP contribution in [0.15, 0.2) is 22.7 Å². The molecule has 0 unspecified atom stereocenters. The second-order valence-electron chi connectivity index (χ2n) is 5.69. The van der Waals surface area contributed by atoms with Crippen LogP contribution >= 0.6 is 15.9 Å². The van der Waals surface area contributed by atoms with Gasteiger partial charge in [-0.2, -0.15) is 0 Å². The molecule has 0 aliphatic heterocycles. The van der Waals surface area contributed by atoms with Gasteiger partial charge in [0.1, 0.15) is 0 Å². The van der Waals surface area contributed by atoms with Gasteiger partial charge in [0, 0.05) is 30.3 Å². The van der Waals surface area contributed by atoms with Crippen molar-refractivity contribution < 1.29 is 0 Å². The van der Waals surface area contributed by atoms with E-state index in [0.29, 0.717) is 0 Å². The van der Waals surface area contributed by atoms with E-state index in [1.54, 1.807) is 0 Å². The Bertz CT molecular complexity index is 400. The summed E-state index contributed by atoms with van der Waals surface area (Å²) in [5.74, 6) is 0.884. The Labute approximate surface area is 125 Å². The zero-order chi connectivity index (χ0) is 13.7. The third-order valence-electron chi connectivity index (χ3n) is 4.10. The third kappa shape index (κ3) is 4.22. The van der Waals surface area contributed by atoms with Gasteiger partial charge in [0.15, 0.2) is 0 Å². The van der Waals surface area contributed by atoms with Gasteiger partial charge in [0.05, 0.1) is 0 Å². The summed E-state index contributed by atoms with van der Waals surface area (Å²) in [6, 6.07) is 6.70. The van der Waals surface area contributed by atoms with Crippen molar-refractivity contribution in [2.75, 3.05) is 25.5 Å². The maximum atomic E-state index is 3.67. The summed E-state index contributed by atoms with van der Waals surface area (Å²) in [7, 11) is 4.20. The second-order valence-corrected chi connectivity index (χ2v) is 6.54. The van der Waals surface area contributed by atoms with E-state index in [1.807, 2.05) is 7.05 Å². The number of benzene rings is 1. The fourth-order valence-corrected chi connectivity index (χ4v) is 3.48. The highest BCUT2D eigenvalue weighted by Crippen LogP contribution is 2.28. The first kappa shape index (κ1) is 14.9. The van der Waals surface area contributed by atoms with Gasteiger partial charge in [-0.15, -0.1) is 0 Å². The minimum Gasteiger partial charge on any atom is -0.374 e. The molecule has 19 heavy (non-hydrogen) atoms. The fourth-order valence-electron chi connectivity index (χ4n) is 2.97. The molecule has 0 amide bonds. The van der Waals surface area contributed by atoms with Crippen LogP contribution in [-0.4, -0.2) is 20.6 Å². The van der Waals surface area contributed by atoms with E-state index < -0.39 is 0 Å². The first-order valence-electron chi connectivity index (χ1n) is 7.35. The van der Waals surface area contributed by atoms with Gasteiger partial charge >= 0.3 is 0 Å². The smallest absolute Gasteiger partial charge is 0.0375 e. The summed E-state index contributed by atoms with van der Waals surface area (Å²) in [5.41, 5.74) is 2.63. The predicted octanol–water partition coefficient (Wildman–Crippen LogP) is 4.19. The summed E-state index contributed by atoms with van der Waals surface area (Å²) in [6.45, 7) is 2.10. The molecule has 1 aliphatic rings. The molecule has 0 radical (unpaired) electrons. The highest BCUT2D eigenvalue weighted by Gasteiger charge is 2.16. The molecule has 2 nitrogen and oxygen atoms in total. The lowest BCUT2D eigenvalue weighted by Crippen LogP contribution is -2.26. The van der Waals surface area contributed by atoms with Gasteiger partial charge in [-0.05, 0) is 43.5 Å². The number of rotatable bonds is 5. The minimum atomic E-state index is 0.884. The maximum Gasteiger partial charge on any atom is 0.0375 e. The van der Waals surface area contributed by atoms with E-state index in [0.717, 1.165) is 12.5 Å². The van der Waals surface area contributed by atoms with Crippen LogP contribution in [0.3, 0.4) is 0 Å². The van der Waals surface area contributed by atoms with Crippen molar-refractivity contribution in [1.29, 1.82) is 0 Å². The predicted molar refractivity (Wildman–Crippen MR) is 86.8 cm³/mol. The van der Waals surface area contributed by atoms with Gasteiger partial charge < -0.3 is 10.2 Å². The molecular formula is C16H25BrN2. The molecule has 0 spiro atoms. The molecule has 1 N–H and O–H groups in total. The van der Waals surface area contributed by atoms with Gasteiger partial charge in [-0.25, -0.2) is 0 Å². The Kier molecular flexibility index (Phi) is 5.71. The van der Waals surface area contributed by atoms with Crippen LogP contribution in [0.1, 0.15) is 37.7 Å². The lowest BCUT2D eigenvalue weighted by Gasteiger charge is -2.28. The number of hydrogen-bond acceptors (Lipinski definition) is 2. The van der Waals surface area contributed by atoms with Crippen molar-refractivity contribution >= 4 is 21.6 Å². The van der Waals surface area contributed by atoms with Crippen LogP contribution in [-0.2, 0) is 6.54 Å². The normalized spacial score (nSPS) is 16.6. The Morgan fingerprint density at radius 2 is 2.00 bits per heavy atom. The summed E-state index contributed by atoms with van der Waals surface area (Å²) < 4.78 is 1.20. The molecular weight excluding hydrogens is 300 g/mol. The molecule has 1 fully saturated rings. The van der Waals surface area contributed by atoms with E-state index in [-0.39, 0.29) is 0 Å². The first-order chi connectivity index (χ1) is 9.20. The van der Waals surface area contributed by atoms with E-state index in [2.05, 4.69) is 51.4 Å². The van der Waals surface area contributed by atoms with Crippen LogP contribution in [0, 0.1) is 5.92 Å². The molecule has 0 aromatic heterocycles. The van der Waals surface area contributed by atoms with Crippen molar-refractivity contribution in [3.8, 4) is 0 Å². The molecule has 0 saturated heterocycles. The number of halogens is 1. The number of hydrogen-bond donors (Lipinski definition) is 1. The Balaban J connectivity index is 1.98. The van der Waals surface area contributed by atoms with Crippen molar-refractivity contribution in [3.05, 3.63) is 28.2 Å². The monoisotopic (exact) mass is 324 g/mol. The van der Waals surface area contributed by atoms with Crippen LogP contribution in [0.5, 0.6) is 0 Å². The second kappa shape index (κ2) is 7.30. The van der Waals surface area contributed by atoms with Crippen molar-refractivity contribution in [1.82, 2.24) is 5.32 Å². The topological polar surface area (TPSA) is 15.3 Å². The van der Waals surface area contributed by atoms with Gasteiger partial charge in [-0.3, -0.25) is 0 Å². The van der Waals surface area contributed by atoms with Crippen LogP contribution in [0.25, 0.3) is 0 Å². The van der Waals surface area contributed by atoms with E-state index in [1.165, 1.54) is 54.4 Å². The number of anilines is 1. The summed E-state index contributed by atoms with van der Waals surface area (Å²) in [4.78, 5) is 2.41. The molecule has 1 aromatic rings. The molecule has 1 aromatic carbocycles. The van der Waals surface area contributed by atoms with Crippen molar-refractivity contribution in [2.24, 2.45) is 5.92 Å². The number of nitrogens with one attached hydrogen (secondary N) is 1. The first-order valence-corrected chi connectivity index (χ1v) is 8.14. The average Bonchev–Trinajstić information content (AvgIpc) is 2.42. The maximum absolute atomic E-state index is 3.67. The molecule has 1 aliphatic carbocycles. The zero-order valence-electron chi connectivity index (χ0n) is 12.1. The fraction of sp³-hybridized carbons (Fsp3) is 0.625. The molecule has 0 heterocycles. The minimum absolute atomic E-state index is 0.884. The van der Waals surface area contributed by atoms with E-state index >= 15 is 0 Å². The molecule has 0 bridgehead atoms. The van der Waals surface area contributed by atoms with Crippen LogP contribution < -0.4 is 10.2 Å². The van der Waals surface area contributed by atoms with Gasteiger partial charge in [0.25, 0.3) is 0 Å². The molecule has 3 heteroatoms. The SMILES string of the molecule is CNCc1ccc(N(C)CC2CCCCC2)cc1Br. The standard InChI is InChI=1S/C16H25BrN2/c1-18-11-14-8-9-15(10-16(14)17)19(2)12-13-6-4-3-5-7-13/h8-10,13,18H,3-7,11-12H2,1-2H3. The van der Waals surface area contributed by atoms with E-state index in [9.17, 15) is 0 Å². The third-order valence-corrected chi connectivity index (χ3v) is 4.84. The highest BCUT2D eigenvalue weighted by molar-refractivity contribution is 9.10. The summed E-state index contributed by atoms with van der Waals surface area (Å²) in [5, 5.41) is 3.20.